The summed E-state index contributed by atoms with van der Waals surface area (Å²) in [4.78, 5) is 25.1. The lowest BCUT2D eigenvalue weighted by Gasteiger charge is -2.20. The van der Waals surface area contributed by atoms with Crippen LogP contribution in [0, 0.1) is 6.92 Å². The molecule has 110 valence electrons. The first kappa shape index (κ1) is 13.7. The third-order valence-corrected chi connectivity index (χ3v) is 4.06. The second kappa shape index (κ2) is 5.28. The maximum atomic E-state index is 12.5. The highest BCUT2D eigenvalue weighted by atomic mass is 32.1. The van der Waals surface area contributed by atoms with Gasteiger partial charge in [-0.2, -0.15) is 0 Å². The number of nitrogens with zero attached hydrogens (tertiary/aromatic N) is 3. The quantitative estimate of drug-likeness (QED) is 0.928. The monoisotopic (exact) mass is 307 g/mol. The molecule has 0 unspecified atom stereocenters. The summed E-state index contributed by atoms with van der Waals surface area (Å²) in [6, 6.07) is 0.849. The number of aliphatic carboxylic acids is 1. The maximum absolute atomic E-state index is 12.5. The van der Waals surface area contributed by atoms with E-state index in [1.165, 1.54) is 16.4 Å². The van der Waals surface area contributed by atoms with Crippen molar-refractivity contribution < 1.29 is 19.1 Å². The SMILES string of the molecule is Cc1oc(-c2csnn2)cc1C(=O)N1CCC[C@H]1C(=O)O. The number of aryl methyl sites for hydroxylation is 1. The van der Waals surface area contributed by atoms with E-state index in [0.717, 1.165) is 0 Å². The van der Waals surface area contributed by atoms with E-state index >= 15 is 0 Å². The molecule has 1 amide bonds. The molecule has 3 heterocycles. The summed E-state index contributed by atoms with van der Waals surface area (Å²) in [6.45, 7) is 2.14. The van der Waals surface area contributed by atoms with E-state index in [4.69, 9.17) is 9.52 Å². The largest absolute Gasteiger partial charge is 0.480 e. The number of likely N-dealkylation sites (tertiary alicyclic amines) is 1. The van der Waals surface area contributed by atoms with Crippen molar-refractivity contribution in [2.75, 3.05) is 6.54 Å². The molecular formula is C13H13N3O4S. The molecule has 7 nitrogen and oxygen atoms in total. The highest BCUT2D eigenvalue weighted by Gasteiger charge is 2.35. The molecule has 1 atom stereocenters. The molecule has 1 fully saturated rings. The molecule has 0 aromatic carbocycles. The molecule has 0 saturated carbocycles. The van der Waals surface area contributed by atoms with E-state index in [2.05, 4.69) is 9.59 Å². The van der Waals surface area contributed by atoms with Crippen molar-refractivity contribution in [3.8, 4) is 11.5 Å². The molecule has 8 heteroatoms. The van der Waals surface area contributed by atoms with Crippen LogP contribution in [0.4, 0.5) is 0 Å². The Bertz CT molecular complexity index is 680. The average Bonchev–Trinajstić information content (AvgIpc) is 3.18. The lowest BCUT2D eigenvalue weighted by atomic mass is 10.1. The number of carboxylic acid groups (broad SMARTS) is 1. The van der Waals surface area contributed by atoms with Crippen LogP contribution in [0.3, 0.4) is 0 Å². The molecule has 2 aromatic rings. The highest BCUT2D eigenvalue weighted by Crippen LogP contribution is 2.27. The van der Waals surface area contributed by atoms with Crippen molar-refractivity contribution in [3.05, 3.63) is 22.8 Å². The molecule has 1 aliphatic rings. The Morgan fingerprint density at radius 3 is 3.00 bits per heavy atom. The van der Waals surface area contributed by atoms with Crippen LogP contribution in [0.25, 0.3) is 11.5 Å². The summed E-state index contributed by atoms with van der Waals surface area (Å²) in [7, 11) is 0. The van der Waals surface area contributed by atoms with Gasteiger partial charge in [-0.25, -0.2) is 4.79 Å². The van der Waals surface area contributed by atoms with Crippen LogP contribution < -0.4 is 0 Å². The fraction of sp³-hybridized carbons (Fsp3) is 0.385. The number of rotatable bonds is 3. The van der Waals surface area contributed by atoms with Crippen LogP contribution >= 0.6 is 11.5 Å². The Kier molecular flexibility index (Phi) is 3.46. The molecule has 1 saturated heterocycles. The minimum Gasteiger partial charge on any atom is -0.480 e. The summed E-state index contributed by atoms with van der Waals surface area (Å²) in [6.07, 6.45) is 1.18. The fourth-order valence-corrected chi connectivity index (χ4v) is 2.96. The molecule has 0 bridgehead atoms. The van der Waals surface area contributed by atoms with Gasteiger partial charge in [0.1, 0.15) is 17.5 Å². The molecule has 3 rings (SSSR count). The molecule has 21 heavy (non-hydrogen) atoms. The van der Waals surface area contributed by atoms with Gasteiger partial charge in [0.05, 0.1) is 5.56 Å². The Balaban J connectivity index is 1.90. The molecule has 0 aliphatic carbocycles. The van der Waals surface area contributed by atoms with Crippen molar-refractivity contribution in [1.82, 2.24) is 14.5 Å². The zero-order valence-corrected chi connectivity index (χ0v) is 12.1. The van der Waals surface area contributed by atoms with Crippen molar-refractivity contribution in [2.24, 2.45) is 0 Å². The summed E-state index contributed by atoms with van der Waals surface area (Å²) in [5.74, 6) is -0.351. The molecular weight excluding hydrogens is 294 g/mol. The summed E-state index contributed by atoms with van der Waals surface area (Å²) >= 11 is 1.19. The van der Waals surface area contributed by atoms with Gasteiger partial charge in [-0.15, -0.1) is 5.10 Å². The predicted octanol–water partition coefficient (Wildman–Crippen LogP) is 1.80. The first-order valence-corrected chi connectivity index (χ1v) is 7.33. The number of furan rings is 1. The van der Waals surface area contributed by atoms with Crippen LogP contribution in [-0.2, 0) is 4.79 Å². The zero-order chi connectivity index (χ0) is 15.0. The third-order valence-electron chi connectivity index (χ3n) is 3.56. The van der Waals surface area contributed by atoms with Crippen molar-refractivity contribution in [2.45, 2.75) is 25.8 Å². The van der Waals surface area contributed by atoms with E-state index in [-0.39, 0.29) is 5.91 Å². The predicted molar refractivity (Wildman–Crippen MR) is 74.0 cm³/mol. The smallest absolute Gasteiger partial charge is 0.326 e. The summed E-state index contributed by atoms with van der Waals surface area (Å²) in [5.41, 5.74) is 0.949. The molecule has 0 spiro atoms. The Morgan fingerprint density at radius 2 is 2.33 bits per heavy atom. The van der Waals surface area contributed by atoms with Gasteiger partial charge < -0.3 is 14.4 Å². The van der Waals surface area contributed by atoms with E-state index in [1.807, 2.05) is 0 Å². The van der Waals surface area contributed by atoms with E-state index < -0.39 is 12.0 Å². The van der Waals surface area contributed by atoms with E-state index in [9.17, 15) is 9.59 Å². The third kappa shape index (κ3) is 2.42. The lowest BCUT2D eigenvalue weighted by molar-refractivity contribution is -0.141. The number of carboxylic acids is 1. The van der Waals surface area contributed by atoms with E-state index in [0.29, 0.717) is 42.2 Å². The van der Waals surface area contributed by atoms with E-state index in [1.54, 1.807) is 18.4 Å². The van der Waals surface area contributed by atoms with Crippen LogP contribution in [-0.4, -0.2) is 44.1 Å². The van der Waals surface area contributed by atoms with Crippen molar-refractivity contribution in [3.63, 3.8) is 0 Å². The number of hydrogen-bond acceptors (Lipinski definition) is 6. The first-order chi connectivity index (χ1) is 10.1. The molecule has 1 aliphatic heterocycles. The van der Waals surface area contributed by atoms with Gasteiger partial charge in [0.25, 0.3) is 5.91 Å². The van der Waals surface area contributed by atoms with Gasteiger partial charge in [0.15, 0.2) is 5.76 Å². The number of carbonyl (C=O) groups excluding carboxylic acids is 1. The van der Waals surface area contributed by atoms with Crippen molar-refractivity contribution in [1.29, 1.82) is 0 Å². The molecule has 0 radical (unpaired) electrons. The Morgan fingerprint density at radius 1 is 1.52 bits per heavy atom. The van der Waals surface area contributed by atoms with Crippen molar-refractivity contribution >= 4 is 23.4 Å². The van der Waals surface area contributed by atoms with Crippen LogP contribution in [0.15, 0.2) is 15.9 Å². The number of amides is 1. The van der Waals surface area contributed by atoms with Gasteiger partial charge in [-0.3, -0.25) is 4.79 Å². The number of hydrogen-bond donors (Lipinski definition) is 1. The first-order valence-electron chi connectivity index (χ1n) is 6.49. The standard InChI is InChI=1S/C13H13N3O4S/c1-7-8(5-11(20-7)9-6-21-15-14-9)12(17)16-4-2-3-10(16)13(18)19/h5-6,10H,2-4H2,1H3,(H,18,19)/t10-/m0/s1. The second-order valence-corrected chi connectivity index (χ2v) is 5.48. The average molecular weight is 307 g/mol. The fourth-order valence-electron chi connectivity index (χ4n) is 2.51. The highest BCUT2D eigenvalue weighted by molar-refractivity contribution is 7.03. The number of carbonyl (C=O) groups is 2. The van der Waals surface area contributed by atoms with Gasteiger partial charge in [0, 0.05) is 11.9 Å². The Hall–Kier alpha value is -2.22. The molecule has 2 aromatic heterocycles. The minimum atomic E-state index is -0.967. The van der Waals surface area contributed by atoms with Crippen LogP contribution in [0.1, 0.15) is 29.0 Å². The maximum Gasteiger partial charge on any atom is 0.326 e. The summed E-state index contributed by atoms with van der Waals surface area (Å²) < 4.78 is 9.30. The van der Waals surface area contributed by atoms with Crippen LogP contribution in [0.2, 0.25) is 0 Å². The van der Waals surface area contributed by atoms with Gasteiger partial charge in [-0.05, 0) is 37.4 Å². The summed E-state index contributed by atoms with van der Waals surface area (Å²) in [5, 5.41) is 14.8. The Labute approximate surface area is 124 Å². The topological polar surface area (TPSA) is 96.5 Å². The number of aromatic nitrogens is 2. The van der Waals surface area contributed by atoms with Crippen LogP contribution in [0.5, 0.6) is 0 Å². The molecule has 1 N–H and O–H groups in total. The zero-order valence-electron chi connectivity index (χ0n) is 11.3. The minimum absolute atomic E-state index is 0.310. The second-order valence-electron chi connectivity index (χ2n) is 4.87. The van der Waals surface area contributed by atoms with Gasteiger partial charge >= 0.3 is 5.97 Å². The normalized spacial score (nSPS) is 18.1. The van der Waals surface area contributed by atoms with Gasteiger partial charge in [-0.1, -0.05) is 4.49 Å². The lowest BCUT2D eigenvalue weighted by Crippen LogP contribution is -2.40. The van der Waals surface area contributed by atoms with Gasteiger partial charge in [0.2, 0.25) is 0 Å².